The molecule has 15 heavy (non-hydrogen) atoms. The molecule has 2 aromatic rings. The Labute approximate surface area is 105 Å². The van der Waals surface area contributed by atoms with E-state index in [1.807, 2.05) is 18.2 Å². The number of aromatic amines is 1. The van der Waals surface area contributed by atoms with Crippen LogP contribution >= 0.6 is 31.9 Å². The summed E-state index contributed by atoms with van der Waals surface area (Å²) in [5.74, 6) is 0. The molecule has 78 valence electrons. The minimum Gasteiger partial charge on any atom is -0.277 e. The zero-order chi connectivity index (χ0) is 10.7. The molecule has 0 fully saturated rings. The molecule has 0 aliphatic rings. The molecule has 2 nitrogen and oxygen atoms in total. The number of hydrogen-bond donors (Lipinski definition) is 1. The van der Waals surface area contributed by atoms with E-state index in [-0.39, 0.29) is 0 Å². The normalized spacial score (nSPS) is 11.6. The van der Waals surface area contributed by atoms with Crippen molar-refractivity contribution in [2.75, 3.05) is 5.33 Å². The van der Waals surface area contributed by atoms with Crippen LogP contribution < -0.4 is 0 Å². The van der Waals surface area contributed by atoms with Crippen LogP contribution in [0.4, 0.5) is 0 Å². The number of aromatic nitrogens is 2. The lowest BCUT2D eigenvalue weighted by Gasteiger charge is -1.91. The van der Waals surface area contributed by atoms with E-state index in [1.165, 1.54) is 0 Å². The van der Waals surface area contributed by atoms with Gasteiger partial charge in [0.05, 0.1) is 11.2 Å². The first-order valence-electron chi connectivity index (χ1n) is 4.67. The number of H-pyrrole nitrogens is 1. The molecular formula is C11H10Br2N2. The van der Waals surface area contributed by atoms with Gasteiger partial charge in [-0.2, -0.15) is 5.10 Å². The monoisotopic (exact) mass is 328 g/mol. The molecule has 4 heteroatoms. The Balaban J connectivity index is 2.36. The lowest BCUT2D eigenvalue weighted by molar-refractivity contribution is 1.10. The summed E-state index contributed by atoms with van der Waals surface area (Å²) < 4.78 is 1.06. The van der Waals surface area contributed by atoms with Gasteiger partial charge in [-0.1, -0.05) is 37.9 Å². The Bertz CT molecular complexity index is 488. The van der Waals surface area contributed by atoms with Crippen molar-refractivity contribution in [2.24, 2.45) is 0 Å². The Morgan fingerprint density at radius 1 is 1.40 bits per heavy atom. The van der Waals surface area contributed by atoms with Crippen molar-refractivity contribution in [3.8, 4) is 0 Å². The third-order valence-corrected chi connectivity index (χ3v) is 3.06. The summed E-state index contributed by atoms with van der Waals surface area (Å²) in [6, 6.07) is 6.13. The van der Waals surface area contributed by atoms with Crippen LogP contribution in [0.15, 0.2) is 28.7 Å². The van der Waals surface area contributed by atoms with E-state index in [9.17, 15) is 0 Å². The fraction of sp³-hybridized carbons (Fsp3) is 0.182. The average molecular weight is 330 g/mol. The highest BCUT2D eigenvalue weighted by molar-refractivity contribution is 9.10. The fourth-order valence-corrected chi connectivity index (χ4v) is 2.02. The smallest absolute Gasteiger partial charge is 0.0924 e. The highest BCUT2D eigenvalue weighted by atomic mass is 79.9. The quantitative estimate of drug-likeness (QED) is 0.843. The topological polar surface area (TPSA) is 28.7 Å². The molecule has 0 bridgehead atoms. The van der Waals surface area contributed by atoms with Crippen LogP contribution in [0.5, 0.6) is 0 Å². The van der Waals surface area contributed by atoms with Crippen molar-refractivity contribution < 1.29 is 0 Å². The van der Waals surface area contributed by atoms with Gasteiger partial charge in [0.1, 0.15) is 0 Å². The second-order valence-corrected chi connectivity index (χ2v) is 4.89. The Kier molecular flexibility index (Phi) is 3.59. The predicted molar refractivity (Wildman–Crippen MR) is 71.2 cm³/mol. The van der Waals surface area contributed by atoms with Crippen LogP contribution in [-0.2, 0) is 0 Å². The van der Waals surface area contributed by atoms with Gasteiger partial charge in [-0.25, -0.2) is 0 Å². The summed E-state index contributed by atoms with van der Waals surface area (Å²) in [6.07, 6.45) is 5.19. The largest absolute Gasteiger partial charge is 0.277 e. The van der Waals surface area contributed by atoms with Gasteiger partial charge in [0, 0.05) is 15.2 Å². The molecule has 1 heterocycles. The van der Waals surface area contributed by atoms with E-state index in [1.54, 1.807) is 0 Å². The number of nitrogens with one attached hydrogen (secondary N) is 1. The van der Waals surface area contributed by atoms with Crippen LogP contribution in [0.25, 0.3) is 17.0 Å². The first-order chi connectivity index (χ1) is 7.31. The molecule has 0 saturated heterocycles. The Morgan fingerprint density at radius 3 is 3.07 bits per heavy atom. The fourth-order valence-electron chi connectivity index (χ4n) is 1.40. The first-order valence-corrected chi connectivity index (χ1v) is 6.59. The number of fused-ring (bicyclic) bond motifs is 1. The van der Waals surface area contributed by atoms with Gasteiger partial charge < -0.3 is 0 Å². The molecular weight excluding hydrogens is 320 g/mol. The number of alkyl halides is 1. The van der Waals surface area contributed by atoms with E-state index in [4.69, 9.17) is 0 Å². The number of hydrogen-bond acceptors (Lipinski definition) is 1. The molecule has 2 rings (SSSR count). The van der Waals surface area contributed by atoms with E-state index in [0.717, 1.165) is 32.8 Å². The number of benzene rings is 1. The molecule has 0 saturated carbocycles. The molecule has 0 aliphatic carbocycles. The lowest BCUT2D eigenvalue weighted by atomic mass is 10.2. The number of halogens is 2. The highest BCUT2D eigenvalue weighted by Crippen LogP contribution is 2.21. The molecule has 0 amide bonds. The zero-order valence-corrected chi connectivity index (χ0v) is 11.2. The van der Waals surface area contributed by atoms with E-state index < -0.39 is 0 Å². The zero-order valence-electron chi connectivity index (χ0n) is 8.00. The van der Waals surface area contributed by atoms with Crippen molar-refractivity contribution in [3.63, 3.8) is 0 Å². The van der Waals surface area contributed by atoms with Crippen LogP contribution in [0.1, 0.15) is 12.1 Å². The second-order valence-electron chi connectivity index (χ2n) is 3.18. The van der Waals surface area contributed by atoms with Crippen molar-refractivity contribution >= 4 is 48.8 Å². The Morgan fingerprint density at radius 2 is 2.27 bits per heavy atom. The second kappa shape index (κ2) is 4.94. The minimum absolute atomic E-state index is 0.984. The molecule has 0 unspecified atom stereocenters. The van der Waals surface area contributed by atoms with Gasteiger partial charge in [0.2, 0.25) is 0 Å². The summed E-state index contributed by atoms with van der Waals surface area (Å²) in [4.78, 5) is 0. The summed E-state index contributed by atoms with van der Waals surface area (Å²) in [5.41, 5.74) is 2.06. The van der Waals surface area contributed by atoms with Gasteiger partial charge in [-0.15, -0.1) is 0 Å². The number of allylic oxidation sites excluding steroid dienone is 1. The summed E-state index contributed by atoms with van der Waals surface area (Å²) >= 11 is 6.82. The maximum Gasteiger partial charge on any atom is 0.0924 e. The van der Waals surface area contributed by atoms with Crippen LogP contribution in [0.3, 0.4) is 0 Å². The Hall–Kier alpha value is -0.610. The van der Waals surface area contributed by atoms with Crippen LogP contribution in [0, 0.1) is 0 Å². The third-order valence-electron chi connectivity index (χ3n) is 2.11. The molecule has 1 aromatic carbocycles. The van der Waals surface area contributed by atoms with Crippen LogP contribution in [0.2, 0.25) is 0 Å². The average Bonchev–Trinajstić information content (AvgIpc) is 2.61. The van der Waals surface area contributed by atoms with Crippen molar-refractivity contribution in [3.05, 3.63) is 34.4 Å². The third kappa shape index (κ3) is 2.49. The molecule has 1 N–H and O–H groups in total. The molecule has 0 radical (unpaired) electrons. The van der Waals surface area contributed by atoms with Gasteiger partial charge in [-0.05, 0) is 30.7 Å². The van der Waals surface area contributed by atoms with E-state index in [2.05, 4.69) is 54.2 Å². The number of rotatable bonds is 3. The molecule has 0 spiro atoms. The summed E-state index contributed by atoms with van der Waals surface area (Å²) in [7, 11) is 0. The van der Waals surface area contributed by atoms with Gasteiger partial charge >= 0.3 is 0 Å². The standard InChI is InChI=1S/C11H10Br2N2/c12-6-2-1-3-10-9-5-4-8(13)7-11(9)15-14-10/h1,3-5,7H,2,6H2,(H,14,15). The van der Waals surface area contributed by atoms with Crippen molar-refractivity contribution in [2.45, 2.75) is 6.42 Å². The predicted octanol–water partition coefficient (Wildman–Crippen LogP) is 4.12. The maximum atomic E-state index is 4.26. The van der Waals surface area contributed by atoms with Crippen LogP contribution in [-0.4, -0.2) is 15.5 Å². The van der Waals surface area contributed by atoms with E-state index >= 15 is 0 Å². The van der Waals surface area contributed by atoms with Gasteiger partial charge in [0.25, 0.3) is 0 Å². The van der Waals surface area contributed by atoms with Crippen molar-refractivity contribution in [1.29, 1.82) is 0 Å². The van der Waals surface area contributed by atoms with Gasteiger partial charge in [0.15, 0.2) is 0 Å². The highest BCUT2D eigenvalue weighted by Gasteiger charge is 2.01. The molecule has 0 atom stereocenters. The lowest BCUT2D eigenvalue weighted by Crippen LogP contribution is -1.73. The SMILES string of the molecule is BrCCC=Cc1n[nH]c2cc(Br)ccc12. The van der Waals surface area contributed by atoms with E-state index in [0.29, 0.717) is 0 Å². The number of nitrogens with zero attached hydrogens (tertiary/aromatic N) is 1. The molecule has 0 aliphatic heterocycles. The summed E-state index contributed by atoms with van der Waals surface area (Å²) in [5, 5.41) is 9.41. The maximum absolute atomic E-state index is 4.26. The van der Waals surface area contributed by atoms with Gasteiger partial charge in [-0.3, -0.25) is 5.10 Å². The molecule has 1 aromatic heterocycles. The van der Waals surface area contributed by atoms with Crippen molar-refractivity contribution in [1.82, 2.24) is 10.2 Å². The minimum atomic E-state index is 0.984. The summed E-state index contributed by atoms with van der Waals surface area (Å²) in [6.45, 7) is 0. The first kappa shape index (κ1) is 10.9.